The summed E-state index contributed by atoms with van der Waals surface area (Å²) in [5.41, 5.74) is 0.684. The number of benzene rings is 2. The van der Waals surface area contributed by atoms with Crippen LogP contribution in [0.2, 0.25) is 0 Å². The molecule has 0 aliphatic heterocycles. The number of hydrogen-bond acceptors (Lipinski definition) is 6. The van der Waals surface area contributed by atoms with Crippen LogP contribution in [0.15, 0.2) is 59.3 Å². The Balaban J connectivity index is 1.22. The standard InChI is InChI=1S/C30H24F2N6O3/c1-34-27-35-18-38(37-27)22-6-4-19(5-7-22)20-2-3-21-15-24(41-23(21)14-20)26(40)36-29(10-12-30(31,32)13-11-29)25(39)16-28(17-33)8-9-28/h2-7,14-15,18H,8-13,16H2,(H,36,40). The van der Waals surface area contributed by atoms with E-state index < -0.39 is 35.6 Å². The van der Waals surface area contributed by atoms with Gasteiger partial charge in [0, 0.05) is 24.6 Å². The maximum atomic E-state index is 14.0. The molecule has 2 aliphatic rings. The Morgan fingerprint density at radius 3 is 2.39 bits per heavy atom. The number of Topliss-reactive ketones (excluding diaryl/α,β-unsaturated/α-hetero) is 1. The average molecular weight is 555 g/mol. The van der Waals surface area contributed by atoms with Crippen LogP contribution in [0.25, 0.3) is 32.6 Å². The number of fused-ring (bicyclic) bond motifs is 1. The molecule has 41 heavy (non-hydrogen) atoms. The fraction of sp³-hybridized carbons (Fsp3) is 0.333. The number of aromatic nitrogens is 3. The zero-order valence-electron chi connectivity index (χ0n) is 21.9. The summed E-state index contributed by atoms with van der Waals surface area (Å²) in [6, 6.07) is 16.7. The van der Waals surface area contributed by atoms with E-state index in [1.165, 1.54) is 11.0 Å². The molecule has 1 N–H and O–H groups in total. The monoisotopic (exact) mass is 554 g/mol. The highest BCUT2D eigenvalue weighted by Crippen LogP contribution is 2.50. The minimum absolute atomic E-state index is 0.0276. The molecular weight excluding hydrogens is 530 g/mol. The molecule has 6 rings (SSSR count). The largest absolute Gasteiger partial charge is 0.451 e. The van der Waals surface area contributed by atoms with Crippen LogP contribution < -0.4 is 5.32 Å². The lowest BCUT2D eigenvalue weighted by atomic mass is 9.74. The summed E-state index contributed by atoms with van der Waals surface area (Å²) in [6.07, 6.45) is 1.17. The van der Waals surface area contributed by atoms with Gasteiger partial charge in [-0.05, 0) is 61.1 Å². The third-order valence-corrected chi connectivity index (χ3v) is 8.10. The molecular formula is C30H24F2N6O3. The van der Waals surface area contributed by atoms with E-state index in [4.69, 9.17) is 11.0 Å². The third-order valence-electron chi connectivity index (χ3n) is 8.10. The zero-order chi connectivity index (χ0) is 28.8. The van der Waals surface area contributed by atoms with Crippen LogP contribution in [0.1, 0.15) is 55.5 Å². The number of nitrogens with zero attached hydrogens (tertiary/aromatic N) is 5. The van der Waals surface area contributed by atoms with Crippen molar-refractivity contribution in [3.05, 3.63) is 72.0 Å². The number of rotatable bonds is 7. The Morgan fingerprint density at radius 1 is 1.05 bits per heavy atom. The molecule has 0 bridgehead atoms. The molecule has 2 aromatic heterocycles. The molecule has 0 unspecified atom stereocenters. The highest BCUT2D eigenvalue weighted by atomic mass is 19.3. The molecule has 9 nitrogen and oxygen atoms in total. The third kappa shape index (κ3) is 5.07. The van der Waals surface area contributed by atoms with E-state index in [-0.39, 0.29) is 36.8 Å². The minimum atomic E-state index is -2.90. The Bertz CT molecular complexity index is 1750. The predicted octanol–water partition coefficient (Wildman–Crippen LogP) is 6.17. The van der Waals surface area contributed by atoms with Crippen LogP contribution >= 0.6 is 0 Å². The number of alkyl halides is 2. The quantitative estimate of drug-likeness (QED) is 0.273. The van der Waals surface area contributed by atoms with Gasteiger partial charge in [0.25, 0.3) is 5.91 Å². The minimum Gasteiger partial charge on any atom is -0.451 e. The number of amides is 1. The second kappa shape index (κ2) is 9.63. The van der Waals surface area contributed by atoms with E-state index in [2.05, 4.69) is 26.3 Å². The number of ketones is 1. The van der Waals surface area contributed by atoms with Gasteiger partial charge in [-0.1, -0.05) is 29.4 Å². The summed E-state index contributed by atoms with van der Waals surface area (Å²) >= 11 is 0. The van der Waals surface area contributed by atoms with Gasteiger partial charge in [0.2, 0.25) is 5.92 Å². The number of nitrogens with one attached hydrogen (secondary N) is 1. The second-order valence-corrected chi connectivity index (χ2v) is 10.9. The van der Waals surface area contributed by atoms with Gasteiger partial charge in [0.05, 0.1) is 22.7 Å². The van der Waals surface area contributed by atoms with Crippen molar-refractivity contribution in [2.45, 2.75) is 56.4 Å². The van der Waals surface area contributed by atoms with Crippen molar-refractivity contribution >= 4 is 28.6 Å². The molecule has 206 valence electrons. The summed E-state index contributed by atoms with van der Waals surface area (Å²) in [5, 5.41) is 16.9. The lowest BCUT2D eigenvalue weighted by molar-refractivity contribution is -0.131. The normalized spacial score (nSPS) is 18.2. The SMILES string of the molecule is [C-]#[N+]c1ncn(-c2ccc(-c3ccc4cc(C(=O)NC5(C(=O)CC6(C#N)CC6)CCC(F)(F)CC5)oc4c3)cc2)n1. The van der Waals surface area contributed by atoms with Crippen LogP contribution in [-0.4, -0.2) is 37.9 Å². The zero-order valence-corrected chi connectivity index (χ0v) is 21.9. The number of carbonyl (C=O) groups is 2. The molecule has 0 spiro atoms. The Morgan fingerprint density at radius 2 is 1.76 bits per heavy atom. The Kier molecular flexibility index (Phi) is 6.18. The van der Waals surface area contributed by atoms with Gasteiger partial charge in [-0.15, -0.1) is 11.6 Å². The van der Waals surface area contributed by atoms with Gasteiger partial charge >= 0.3 is 5.95 Å². The number of hydrogen-bond donors (Lipinski definition) is 1. The summed E-state index contributed by atoms with van der Waals surface area (Å²) in [5.74, 6) is -3.90. The van der Waals surface area contributed by atoms with Crippen molar-refractivity contribution in [3.63, 3.8) is 0 Å². The number of nitriles is 1. The number of furan rings is 1. The van der Waals surface area contributed by atoms with Crippen LogP contribution in [0.5, 0.6) is 0 Å². The van der Waals surface area contributed by atoms with Crippen molar-refractivity contribution in [1.29, 1.82) is 5.26 Å². The fourth-order valence-corrected chi connectivity index (χ4v) is 5.31. The van der Waals surface area contributed by atoms with Crippen LogP contribution in [0.3, 0.4) is 0 Å². The maximum Gasteiger partial charge on any atom is 0.393 e. The smallest absolute Gasteiger partial charge is 0.393 e. The van der Waals surface area contributed by atoms with E-state index in [0.29, 0.717) is 23.8 Å². The maximum absolute atomic E-state index is 14.0. The Labute approximate surface area is 233 Å². The summed E-state index contributed by atoms with van der Waals surface area (Å²) in [7, 11) is 0. The van der Waals surface area contributed by atoms with Crippen LogP contribution in [-0.2, 0) is 4.79 Å². The van der Waals surface area contributed by atoms with Crippen molar-refractivity contribution in [3.8, 4) is 22.9 Å². The van der Waals surface area contributed by atoms with Crippen molar-refractivity contribution in [2.75, 3.05) is 0 Å². The lowest BCUT2D eigenvalue weighted by Gasteiger charge is -2.39. The van der Waals surface area contributed by atoms with Crippen molar-refractivity contribution < 1.29 is 22.8 Å². The lowest BCUT2D eigenvalue weighted by Crippen LogP contribution is -2.58. The molecule has 2 aromatic carbocycles. The van der Waals surface area contributed by atoms with Gasteiger partial charge in [-0.3, -0.25) is 9.59 Å². The molecule has 0 atom stereocenters. The predicted molar refractivity (Wildman–Crippen MR) is 143 cm³/mol. The van der Waals surface area contributed by atoms with E-state index in [1.54, 1.807) is 12.1 Å². The first-order valence-electron chi connectivity index (χ1n) is 13.2. The van der Waals surface area contributed by atoms with E-state index in [9.17, 15) is 23.6 Å². The van der Waals surface area contributed by atoms with Gasteiger partial charge in [-0.2, -0.15) is 9.94 Å². The van der Waals surface area contributed by atoms with Gasteiger partial charge in [-0.25, -0.2) is 8.78 Å². The highest BCUT2D eigenvalue weighted by Gasteiger charge is 2.53. The van der Waals surface area contributed by atoms with Gasteiger partial charge in [0.1, 0.15) is 5.58 Å². The van der Waals surface area contributed by atoms with Gasteiger partial charge in [0.15, 0.2) is 17.9 Å². The molecule has 0 radical (unpaired) electrons. The fourth-order valence-electron chi connectivity index (χ4n) is 5.31. The molecule has 2 fully saturated rings. The van der Waals surface area contributed by atoms with E-state index >= 15 is 0 Å². The summed E-state index contributed by atoms with van der Waals surface area (Å²) in [6.45, 7) is 7.01. The van der Waals surface area contributed by atoms with Crippen molar-refractivity contribution in [2.24, 2.45) is 5.41 Å². The van der Waals surface area contributed by atoms with Gasteiger partial charge < -0.3 is 14.6 Å². The summed E-state index contributed by atoms with van der Waals surface area (Å²) < 4.78 is 35.4. The molecule has 11 heteroatoms. The Hall–Kier alpha value is -4.90. The average Bonchev–Trinajstić information content (AvgIpc) is 3.37. The molecule has 0 saturated heterocycles. The molecule has 2 heterocycles. The molecule has 1 amide bonds. The molecule has 2 aliphatic carbocycles. The molecule has 2 saturated carbocycles. The molecule has 4 aromatic rings. The topological polar surface area (TPSA) is 118 Å². The highest BCUT2D eigenvalue weighted by molar-refractivity contribution is 6.01. The van der Waals surface area contributed by atoms with E-state index in [1.807, 2.05) is 36.4 Å². The van der Waals surface area contributed by atoms with Crippen LogP contribution in [0.4, 0.5) is 14.7 Å². The first kappa shape index (κ1) is 26.3. The van der Waals surface area contributed by atoms with Crippen LogP contribution in [0, 0.1) is 23.3 Å². The number of carbonyl (C=O) groups excluding carboxylic acids is 2. The first-order valence-corrected chi connectivity index (χ1v) is 13.2. The summed E-state index contributed by atoms with van der Waals surface area (Å²) in [4.78, 5) is 33.8. The first-order chi connectivity index (χ1) is 19.6. The second-order valence-electron chi connectivity index (χ2n) is 10.9. The van der Waals surface area contributed by atoms with Crippen molar-refractivity contribution in [1.82, 2.24) is 20.1 Å². The van der Waals surface area contributed by atoms with E-state index in [0.717, 1.165) is 16.8 Å². The number of halogens is 2.